The van der Waals surface area contributed by atoms with Crippen molar-refractivity contribution in [2.75, 3.05) is 13.1 Å². The maximum absolute atomic E-state index is 12.9. The molecule has 1 aromatic heterocycles. The van der Waals surface area contributed by atoms with E-state index in [9.17, 15) is 9.18 Å². The molecule has 0 unspecified atom stereocenters. The normalized spacial score (nSPS) is 17.3. The number of benzene rings is 1. The van der Waals surface area contributed by atoms with Gasteiger partial charge in [-0.1, -0.05) is 0 Å². The summed E-state index contributed by atoms with van der Waals surface area (Å²) in [6.07, 6.45) is 3.31. The van der Waals surface area contributed by atoms with Crippen LogP contribution in [0.4, 0.5) is 4.39 Å². The molecule has 4 rings (SSSR count). The number of nitrogens with zero attached hydrogens (tertiary/aromatic N) is 2. The third-order valence-corrected chi connectivity index (χ3v) is 5.25. The molecule has 2 heterocycles. The number of fused-ring (bicyclic) bond motifs is 1. The number of rotatable bonds is 5. The van der Waals surface area contributed by atoms with Crippen molar-refractivity contribution in [3.8, 4) is 5.75 Å². The van der Waals surface area contributed by atoms with Crippen LogP contribution in [-0.4, -0.2) is 28.9 Å². The molecule has 1 aromatic carbocycles. The van der Waals surface area contributed by atoms with Gasteiger partial charge in [0.05, 0.1) is 5.69 Å². The third-order valence-electron chi connectivity index (χ3n) is 4.19. The Morgan fingerprint density at radius 1 is 1.30 bits per heavy atom. The summed E-state index contributed by atoms with van der Waals surface area (Å²) in [6.45, 7) is 1.96. The molecule has 1 aliphatic carbocycles. The Kier molecular flexibility index (Phi) is 3.77. The van der Waals surface area contributed by atoms with Gasteiger partial charge in [-0.25, -0.2) is 9.37 Å². The number of amides is 1. The van der Waals surface area contributed by atoms with Gasteiger partial charge in [0, 0.05) is 19.5 Å². The Morgan fingerprint density at radius 3 is 2.83 bits per heavy atom. The van der Waals surface area contributed by atoms with Gasteiger partial charge in [-0.05, 0) is 43.0 Å². The predicted octanol–water partition coefficient (Wildman–Crippen LogP) is 3.27. The second-order valence-electron chi connectivity index (χ2n) is 6.07. The largest absolute Gasteiger partial charge is 0.486 e. The molecular formula is C17H17FN2O2S. The van der Waals surface area contributed by atoms with E-state index in [2.05, 4.69) is 4.98 Å². The van der Waals surface area contributed by atoms with Crippen molar-refractivity contribution in [2.24, 2.45) is 5.92 Å². The highest BCUT2D eigenvalue weighted by atomic mass is 32.1. The minimum absolute atomic E-state index is 0.115. The van der Waals surface area contributed by atoms with Crippen LogP contribution in [0.15, 0.2) is 24.3 Å². The van der Waals surface area contributed by atoms with Gasteiger partial charge in [-0.15, -0.1) is 11.3 Å². The van der Waals surface area contributed by atoms with Crippen molar-refractivity contribution < 1.29 is 13.9 Å². The molecule has 0 N–H and O–H groups in total. The molecular weight excluding hydrogens is 315 g/mol. The summed E-state index contributed by atoms with van der Waals surface area (Å²) >= 11 is 1.42. The van der Waals surface area contributed by atoms with Crippen LogP contribution in [-0.2, 0) is 13.0 Å². The Bertz CT molecular complexity index is 725. The van der Waals surface area contributed by atoms with Gasteiger partial charge in [0.2, 0.25) is 0 Å². The van der Waals surface area contributed by atoms with Crippen LogP contribution < -0.4 is 4.74 Å². The maximum Gasteiger partial charge on any atom is 0.265 e. The van der Waals surface area contributed by atoms with E-state index in [1.165, 1.54) is 36.3 Å². The molecule has 2 aliphatic rings. The van der Waals surface area contributed by atoms with Gasteiger partial charge in [-0.3, -0.25) is 4.79 Å². The van der Waals surface area contributed by atoms with E-state index in [-0.39, 0.29) is 11.7 Å². The number of aromatic nitrogens is 1. The molecule has 0 radical (unpaired) electrons. The SMILES string of the molecule is O=C1c2sc(COc3ccc(F)cc3)nc2CCN1CC1CC1. The number of carbonyl (C=O) groups excluding carboxylic acids is 1. The lowest BCUT2D eigenvalue weighted by Gasteiger charge is -2.25. The maximum atomic E-state index is 12.9. The number of carbonyl (C=O) groups is 1. The molecule has 1 fully saturated rings. The molecule has 0 spiro atoms. The van der Waals surface area contributed by atoms with Crippen LogP contribution in [0.2, 0.25) is 0 Å². The van der Waals surface area contributed by atoms with E-state index in [0.717, 1.165) is 35.1 Å². The molecule has 1 aliphatic heterocycles. The highest BCUT2D eigenvalue weighted by Gasteiger charge is 2.32. The van der Waals surface area contributed by atoms with Crippen molar-refractivity contribution in [1.82, 2.24) is 9.88 Å². The quantitative estimate of drug-likeness (QED) is 0.844. The summed E-state index contributed by atoms with van der Waals surface area (Å²) in [5.74, 6) is 1.13. The fourth-order valence-electron chi connectivity index (χ4n) is 2.75. The fraction of sp³-hybridized carbons (Fsp3) is 0.412. The number of halogens is 1. The second-order valence-corrected chi connectivity index (χ2v) is 7.15. The summed E-state index contributed by atoms with van der Waals surface area (Å²) in [6, 6.07) is 5.90. The van der Waals surface area contributed by atoms with Crippen LogP contribution in [0.1, 0.15) is 33.2 Å². The van der Waals surface area contributed by atoms with Gasteiger partial charge >= 0.3 is 0 Å². The summed E-state index contributed by atoms with van der Waals surface area (Å²) in [5.41, 5.74) is 0.893. The van der Waals surface area contributed by atoms with Crippen LogP contribution in [0.25, 0.3) is 0 Å². The summed E-state index contributed by atoms with van der Waals surface area (Å²) in [7, 11) is 0. The standard InChI is InChI=1S/C17H17FN2O2S/c18-12-3-5-13(6-4-12)22-10-15-19-14-7-8-20(9-11-1-2-11)17(21)16(14)23-15/h3-6,11H,1-2,7-10H2. The van der Waals surface area contributed by atoms with Crippen molar-refractivity contribution >= 4 is 17.2 Å². The Hall–Kier alpha value is -1.95. The van der Waals surface area contributed by atoms with Crippen molar-refractivity contribution in [3.05, 3.63) is 45.7 Å². The van der Waals surface area contributed by atoms with E-state index in [1.807, 2.05) is 4.90 Å². The fourth-order valence-corrected chi connectivity index (χ4v) is 3.74. The number of hydrogen-bond acceptors (Lipinski definition) is 4. The van der Waals surface area contributed by atoms with E-state index >= 15 is 0 Å². The molecule has 23 heavy (non-hydrogen) atoms. The smallest absolute Gasteiger partial charge is 0.265 e. The molecule has 2 aromatic rings. The van der Waals surface area contributed by atoms with Gasteiger partial charge in [0.1, 0.15) is 28.1 Å². The highest BCUT2D eigenvalue weighted by Crippen LogP contribution is 2.32. The van der Waals surface area contributed by atoms with E-state index in [1.54, 1.807) is 12.1 Å². The molecule has 6 heteroatoms. The number of thiazole rings is 1. The van der Waals surface area contributed by atoms with E-state index in [0.29, 0.717) is 18.3 Å². The van der Waals surface area contributed by atoms with E-state index in [4.69, 9.17) is 4.74 Å². The summed E-state index contributed by atoms with van der Waals surface area (Å²) in [5, 5.41) is 0.793. The molecule has 0 saturated heterocycles. The predicted molar refractivity (Wildman–Crippen MR) is 85.2 cm³/mol. The Morgan fingerprint density at radius 2 is 2.09 bits per heavy atom. The summed E-state index contributed by atoms with van der Waals surface area (Å²) < 4.78 is 18.5. The first-order valence-corrected chi connectivity index (χ1v) is 8.67. The first kappa shape index (κ1) is 14.6. The average Bonchev–Trinajstić information content (AvgIpc) is 3.27. The summed E-state index contributed by atoms with van der Waals surface area (Å²) in [4.78, 5) is 19.8. The number of hydrogen-bond donors (Lipinski definition) is 0. The topological polar surface area (TPSA) is 42.4 Å². The molecule has 0 atom stereocenters. The zero-order valence-corrected chi connectivity index (χ0v) is 13.4. The van der Waals surface area contributed by atoms with Gasteiger partial charge in [0.25, 0.3) is 5.91 Å². The van der Waals surface area contributed by atoms with Crippen LogP contribution in [0, 0.1) is 11.7 Å². The second kappa shape index (κ2) is 5.92. The molecule has 1 saturated carbocycles. The molecule has 1 amide bonds. The first-order valence-electron chi connectivity index (χ1n) is 7.85. The van der Waals surface area contributed by atoms with Gasteiger partial charge < -0.3 is 9.64 Å². The zero-order chi connectivity index (χ0) is 15.8. The lowest BCUT2D eigenvalue weighted by atomic mass is 10.1. The highest BCUT2D eigenvalue weighted by molar-refractivity contribution is 7.13. The van der Waals surface area contributed by atoms with Crippen LogP contribution in [0.3, 0.4) is 0 Å². The minimum Gasteiger partial charge on any atom is -0.486 e. The molecule has 120 valence electrons. The van der Waals surface area contributed by atoms with Crippen molar-refractivity contribution in [2.45, 2.75) is 25.9 Å². The third kappa shape index (κ3) is 3.22. The lowest BCUT2D eigenvalue weighted by Crippen LogP contribution is -2.38. The minimum atomic E-state index is -0.289. The molecule has 0 bridgehead atoms. The van der Waals surface area contributed by atoms with Crippen LogP contribution >= 0.6 is 11.3 Å². The Balaban J connectivity index is 1.43. The molecule has 4 nitrogen and oxygen atoms in total. The zero-order valence-electron chi connectivity index (χ0n) is 12.6. The van der Waals surface area contributed by atoms with Gasteiger partial charge in [-0.2, -0.15) is 0 Å². The van der Waals surface area contributed by atoms with Crippen LogP contribution in [0.5, 0.6) is 5.75 Å². The van der Waals surface area contributed by atoms with Crippen molar-refractivity contribution in [1.29, 1.82) is 0 Å². The van der Waals surface area contributed by atoms with Crippen molar-refractivity contribution in [3.63, 3.8) is 0 Å². The van der Waals surface area contributed by atoms with E-state index < -0.39 is 0 Å². The van der Waals surface area contributed by atoms with Gasteiger partial charge in [0.15, 0.2) is 0 Å². The average molecular weight is 332 g/mol. The number of ether oxygens (including phenoxy) is 1. The first-order chi connectivity index (χ1) is 11.2. The Labute approximate surface area is 137 Å². The lowest BCUT2D eigenvalue weighted by molar-refractivity contribution is 0.0736. The monoisotopic (exact) mass is 332 g/mol.